The lowest BCUT2D eigenvalue weighted by Crippen LogP contribution is -2.29. The Morgan fingerprint density at radius 1 is 1.05 bits per heavy atom. The SMILES string of the molecule is CCOc1ccc(C2/C(=C(\O)c3cc(C)ccc3C)C(=O)C(=O)N2c2nnc(SCc3ccc(Cl)cc3Cl)s2)cc1. The smallest absolute Gasteiger partial charge is 0.301 e. The van der Waals surface area contributed by atoms with E-state index in [-0.39, 0.29) is 16.5 Å². The molecule has 1 unspecified atom stereocenters. The largest absolute Gasteiger partial charge is 0.507 e. The molecule has 0 radical (unpaired) electrons. The quantitative estimate of drug-likeness (QED) is 0.0702. The lowest BCUT2D eigenvalue weighted by molar-refractivity contribution is -0.132. The molecule has 1 fully saturated rings. The average molecular weight is 627 g/mol. The van der Waals surface area contributed by atoms with Gasteiger partial charge in [-0.3, -0.25) is 14.5 Å². The second-order valence-corrected chi connectivity index (χ2v) is 12.4. The topological polar surface area (TPSA) is 92.6 Å². The zero-order chi connectivity index (χ0) is 29.3. The summed E-state index contributed by atoms with van der Waals surface area (Å²) in [5.41, 5.74) is 3.67. The number of hydrogen-bond acceptors (Lipinski definition) is 8. The molecule has 1 aliphatic heterocycles. The molecule has 3 aromatic carbocycles. The fraction of sp³-hybridized carbons (Fsp3) is 0.200. The first-order valence-corrected chi connectivity index (χ1v) is 15.2. The van der Waals surface area contributed by atoms with Crippen LogP contribution in [0.25, 0.3) is 5.76 Å². The summed E-state index contributed by atoms with van der Waals surface area (Å²) >= 11 is 14.9. The zero-order valence-electron chi connectivity index (χ0n) is 22.4. The minimum absolute atomic E-state index is 0.00907. The minimum atomic E-state index is -0.915. The number of aliphatic hydroxyl groups excluding tert-OH is 1. The normalized spacial score (nSPS) is 16.4. The number of aryl methyl sites for hydroxylation is 2. The van der Waals surface area contributed by atoms with Gasteiger partial charge in [-0.15, -0.1) is 10.2 Å². The zero-order valence-corrected chi connectivity index (χ0v) is 25.5. The molecule has 0 saturated carbocycles. The van der Waals surface area contributed by atoms with E-state index >= 15 is 0 Å². The van der Waals surface area contributed by atoms with Crippen LogP contribution in [0.5, 0.6) is 5.75 Å². The Bertz CT molecular complexity index is 1670. The predicted octanol–water partition coefficient (Wildman–Crippen LogP) is 7.78. The Hall–Kier alpha value is -3.37. The summed E-state index contributed by atoms with van der Waals surface area (Å²) in [5.74, 6) is -0.650. The molecule has 0 aliphatic carbocycles. The van der Waals surface area contributed by atoms with Crippen molar-refractivity contribution in [2.45, 2.75) is 36.9 Å². The van der Waals surface area contributed by atoms with Crippen LogP contribution in [0.3, 0.4) is 0 Å². The molecular weight excluding hydrogens is 601 g/mol. The molecule has 1 aromatic heterocycles. The summed E-state index contributed by atoms with van der Waals surface area (Å²) in [6.07, 6.45) is 0. The third-order valence-corrected chi connectivity index (χ3v) is 9.26. The van der Waals surface area contributed by atoms with Gasteiger partial charge in [-0.25, -0.2) is 0 Å². The van der Waals surface area contributed by atoms with Gasteiger partial charge >= 0.3 is 5.91 Å². The van der Waals surface area contributed by atoms with Crippen LogP contribution in [-0.4, -0.2) is 33.6 Å². The van der Waals surface area contributed by atoms with Crippen LogP contribution < -0.4 is 9.64 Å². The first-order chi connectivity index (χ1) is 19.7. The molecule has 2 heterocycles. The number of ether oxygens (including phenoxy) is 1. The van der Waals surface area contributed by atoms with E-state index in [1.165, 1.54) is 28.0 Å². The van der Waals surface area contributed by atoms with Crippen LogP contribution in [-0.2, 0) is 15.3 Å². The maximum absolute atomic E-state index is 13.5. The highest BCUT2D eigenvalue weighted by molar-refractivity contribution is 8.00. The first-order valence-electron chi connectivity index (χ1n) is 12.7. The molecule has 0 spiro atoms. The fourth-order valence-electron chi connectivity index (χ4n) is 4.53. The van der Waals surface area contributed by atoms with Crippen LogP contribution in [0, 0.1) is 13.8 Å². The highest BCUT2D eigenvalue weighted by Gasteiger charge is 2.48. The van der Waals surface area contributed by atoms with E-state index in [0.29, 0.717) is 43.6 Å². The van der Waals surface area contributed by atoms with Crippen molar-refractivity contribution in [1.29, 1.82) is 0 Å². The molecule has 11 heteroatoms. The van der Waals surface area contributed by atoms with Gasteiger partial charge in [0.25, 0.3) is 5.78 Å². The van der Waals surface area contributed by atoms with Gasteiger partial charge < -0.3 is 9.84 Å². The Labute approximate surface area is 255 Å². The number of rotatable bonds is 8. The van der Waals surface area contributed by atoms with Crippen molar-refractivity contribution < 1.29 is 19.4 Å². The van der Waals surface area contributed by atoms with Crippen LogP contribution in [0.4, 0.5) is 5.13 Å². The molecule has 4 aromatic rings. The average Bonchev–Trinajstić information content (AvgIpc) is 3.52. The molecule has 41 heavy (non-hydrogen) atoms. The third-order valence-electron chi connectivity index (χ3n) is 6.57. The van der Waals surface area contributed by atoms with Gasteiger partial charge in [0, 0.05) is 21.4 Å². The highest BCUT2D eigenvalue weighted by atomic mass is 35.5. The van der Waals surface area contributed by atoms with Crippen LogP contribution in [0.15, 0.2) is 70.6 Å². The standard InChI is InChI=1S/C30H25Cl2N3O4S2/c1-4-39-21-11-8-18(9-12-21)25-24(26(36)22-13-16(2)5-6-17(22)3)27(37)28(38)35(25)29-33-34-30(41-29)40-15-19-7-10-20(31)14-23(19)32/h5-14,25,36H,4,15H2,1-3H3/b26-24+. The summed E-state index contributed by atoms with van der Waals surface area (Å²) in [7, 11) is 0. The summed E-state index contributed by atoms with van der Waals surface area (Å²) in [6.45, 7) is 6.13. The molecule has 1 N–H and O–H groups in total. The Balaban J connectivity index is 1.55. The number of nitrogens with zero attached hydrogens (tertiary/aromatic N) is 3. The predicted molar refractivity (Wildman–Crippen MR) is 164 cm³/mol. The summed E-state index contributed by atoms with van der Waals surface area (Å²) in [4.78, 5) is 28.4. The number of thioether (sulfide) groups is 1. The van der Waals surface area contributed by atoms with Gasteiger partial charge in [0.1, 0.15) is 11.5 Å². The number of Topliss-reactive ketones (excluding diaryl/α,β-unsaturated/α-hetero) is 1. The van der Waals surface area contributed by atoms with Crippen molar-refractivity contribution in [3.8, 4) is 5.75 Å². The number of halogens is 2. The van der Waals surface area contributed by atoms with Gasteiger partial charge in [0.15, 0.2) is 4.34 Å². The highest BCUT2D eigenvalue weighted by Crippen LogP contribution is 2.44. The number of ketones is 1. The Morgan fingerprint density at radius 2 is 1.80 bits per heavy atom. The monoisotopic (exact) mass is 625 g/mol. The number of carbonyl (C=O) groups excluding carboxylic acids is 2. The first kappa shape index (κ1) is 29.1. The van der Waals surface area contributed by atoms with E-state index in [4.69, 9.17) is 27.9 Å². The van der Waals surface area contributed by atoms with Crippen molar-refractivity contribution in [3.05, 3.63) is 104 Å². The van der Waals surface area contributed by atoms with Crippen molar-refractivity contribution in [2.24, 2.45) is 0 Å². The fourth-order valence-corrected chi connectivity index (χ4v) is 6.96. The molecule has 1 amide bonds. The van der Waals surface area contributed by atoms with E-state index in [2.05, 4.69) is 10.2 Å². The van der Waals surface area contributed by atoms with Crippen molar-refractivity contribution in [1.82, 2.24) is 10.2 Å². The second-order valence-electron chi connectivity index (χ2n) is 9.36. The van der Waals surface area contributed by atoms with E-state index < -0.39 is 17.7 Å². The molecule has 210 valence electrons. The number of aliphatic hydroxyl groups is 1. The molecular formula is C30H25Cl2N3O4S2. The number of carbonyl (C=O) groups is 2. The van der Waals surface area contributed by atoms with E-state index in [0.717, 1.165) is 16.7 Å². The van der Waals surface area contributed by atoms with E-state index in [1.807, 2.05) is 39.0 Å². The van der Waals surface area contributed by atoms with Crippen LogP contribution in [0.2, 0.25) is 10.0 Å². The van der Waals surface area contributed by atoms with Crippen LogP contribution in [0.1, 0.15) is 40.8 Å². The number of benzene rings is 3. The second kappa shape index (κ2) is 12.2. The molecule has 1 atom stereocenters. The van der Waals surface area contributed by atoms with Gasteiger partial charge in [-0.05, 0) is 67.8 Å². The lowest BCUT2D eigenvalue weighted by atomic mass is 9.93. The van der Waals surface area contributed by atoms with Gasteiger partial charge in [0.2, 0.25) is 5.13 Å². The number of aromatic nitrogens is 2. The lowest BCUT2D eigenvalue weighted by Gasteiger charge is -2.23. The van der Waals surface area contributed by atoms with Crippen molar-refractivity contribution >= 4 is 68.9 Å². The molecule has 5 rings (SSSR count). The maximum atomic E-state index is 13.5. The minimum Gasteiger partial charge on any atom is -0.507 e. The summed E-state index contributed by atoms with van der Waals surface area (Å²) in [6, 6.07) is 17.1. The molecule has 7 nitrogen and oxygen atoms in total. The maximum Gasteiger partial charge on any atom is 0.301 e. The number of hydrogen-bond donors (Lipinski definition) is 1. The van der Waals surface area contributed by atoms with Gasteiger partial charge in [-0.2, -0.15) is 0 Å². The molecule has 1 saturated heterocycles. The van der Waals surface area contributed by atoms with Crippen molar-refractivity contribution in [2.75, 3.05) is 11.5 Å². The third kappa shape index (κ3) is 5.99. The Morgan fingerprint density at radius 3 is 2.51 bits per heavy atom. The van der Waals surface area contributed by atoms with Crippen molar-refractivity contribution in [3.63, 3.8) is 0 Å². The van der Waals surface area contributed by atoms with E-state index in [1.54, 1.807) is 42.5 Å². The Kier molecular flexibility index (Phi) is 8.70. The van der Waals surface area contributed by atoms with E-state index in [9.17, 15) is 14.7 Å². The van der Waals surface area contributed by atoms with Gasteiger partial charge in [-0.1, -0.05) is 82.2 Å². The number of anilines is 1. The molecule has 0 bridgehead atoms. The molecule has 1 aliphatic rings. The van der Waals surface area contributed by atoms with Crippen LogP contribution >= 0.6 is 46.3 Å². The van der Waals surface area contributed by atoms with Gasteiger partial charge in [0.05, 0.1) is 18.2 Å². The summed E-state index contributed by atoms with van der Waals surface area (Å²) in [5, 5.41) is 21.4. The summed E-state index contributed by atoms with van der Waals surface area (Å²) < 4.78 is 6.17. The number of amides is 1.